The number of likely N-dealkylation sites (tertiary alicyclic amines) is 1. The van der Waals surface area contributed by atoms with E-state index in [0.717, 1.165) is 38.8 Å². The third-order valence-electron chi connectivity index (χ3n) is 4.38. The van der Waals surface area contributed by atoms with Crippen LogP contribution in [0.3, 0.4) is 0 Å². The van der Waals surface area contributed by atoms with Crippen LogP contribution in [0.1, 0.15) is 56.3 Å². The number of rotatable bonds is 9. The van der Waals surface area contributed by atoms with Gasteiger partial charge >= 0.3 is 0 Å². The molecule has 2 amide bonds. The number of unbranched alkanes of at least 4 members (excludes halogenated alkanes) is 1. The van der Waals surface area contributed by atoms with E-state index < -0.39 is 0 Å². The van der Waals surface area contributed by atoms with Gasteiger partial charge in [0.25, 0.3) is 11.8 Å². The number of benzene rings is 1. The van der Waals surface area contributed by atoms with Gasteiger partial charge in [-0.1, -0.05) is 13.3 Å². The Morgan fingerprint density at radius 2 is 1.85 bits per heavy atom. The van der Waals surface area contributed by atoms with Crippen LogP contribution < -0.4 is 14.8 Å². The lowest BCUT2D eigenvalue weighted by Gasteiger charge is -2.26. The van der Waals surface area contributed by atoms with Crippen LogP contribution in [0.4, 0.5) is 0 Å². The molecule has 1 aromatic carbocycles. The molecule has 1 saturated heterocycles. The SMILES string of the molecule is CCCCNC(=O)c1ccc(OCC(=O)N2CCCCC2)c(OCC)c1. The highest BCUT2D eigenvalue weighted by Crippen LogP contribution is 2.28. The van der Waals surface area contributed by atoms with Gasteiger partial charge < -0.3 is 19.7 Å². The zero-order valence-corrected chi connectivity index (χ0v) is 15.9. The molecule has 0 radical (unpaired) electrons. The van der Waals surface area contributed by atoms with Crippen molar-refractivity contribution in [3.63, 3.8) is 0 Å². The quantitative estimate of drug-likeness (QED) is 0.686. The second-order valence-corrected chi connectivity index (χ2v) is 6.43. The van der Waals surface area contributed by atoms with E-state index >= 15 is 0 Å². The fourth-order valence-corrected chi connectivity index (χ4v) is 2.89. The maximum absolute atomic E-state index is 12.3. The van der Waals surface area contributed by atoms with Crippen LogP contribution in [0, 0.1) is 0 Å². The Balaban J connectivity index is 1.98. The monoisotopic (exact) mass is 362 g/mol. The van der Waals surface area contributed by atoms with Crippen molar-refractivity contribution in [2.45, 2.75) is 46.0 Å². The minimum atomic E-state index is -0.129. The Hall–Kier alpha value is -2.24. The molecule has 1 fully saturated rings. The second-order valence-electron chi connectivity index (χ2n) is 6.43. The topological polar surface area (TPSA) is 67.9 Å². The molecule has 1 aliphatic rings. The lowest BCUT2D eigenvalue weighted by atomic mass is 10.1. The van der Waals surface area contributed by atoms with E-state index in [2.05, 4.69) is 12.2 Å². The molecule has 6 nitrogen and oxygen atoms in total. The lowest BCUT2D eigenvalue weighted by Crippen LogP contribution is -2.38. The Morgan fingerprint density at radius 1 is 1.08 bits per heavy atom. The van der Waals surface area contributed by atoms with E-state index in [9.17, 15) is 9.59 Å². The molecular formula is C20H30N2O4. The van der Waals surface area contributed by atoms with Crippen molar-refractivity contribution in [3.8, 4) is 11.5 Å². The summed E-state index contributed by atoms with van der Waals surface area (Å²) in [5.74, 6) is 0.841. The number of nitrogens with zero attached hydrogens (tertiary/aromatic N) is 1. The van der Waals surface area contributed by atoms with Gasteiger partial charge in [-0.15, -0.1) is 0 Å². The molecule has 1 aromatic rings. The Morgan fingerprint density at radius 3 is 2.54 bits per heavy atom. The Labute approximate surface area is 155 Å². The molecule has 1 N–H and O–H groups in total. The van der Waals surface area contributed by atoms with Gasteiger partial charge in [-0.3, -0.25) is 9.59 Å². The van der Waals surface area contributed by atoms with Crippen molar-refractivity contribution in [1.29, 1.82) is 0 Å². The fourth-order valence-electron chi connectivity index (χ4n) is 2.89. The summed E-state index contributed by atoms with van der Waals surface area (Å²) in [6.07, 6.45) is 5.27. The number of amides is 2. The number of carbonyl (C=O) groups excluding carboxylic acids is 2. The number of hydrogen-bond acceptors (Lipinski definition) is 4. The first-order valence-corrected chi connectivity index (χ1v) is 9.61. The summed E-state index contributed by atoms with van der Waals surface area (Å²) in [5.41, 5.74) is 0.527. The number of ether oxygens (including phenoxy) is 2. The molecule has 0 saturated carbocycles. The van der Waals surface area contributed by atoms with Crippen molar-refractivity contribution in [2.75, 3.05) is 32.8 Å². The summed E-state index contributed by atoms with van der Waals surface area (Å²) in [5, 5.41) is 2.89. The van der Waals surface area contributed by atoms with Crippen molar-refractivity contribution < 1.29 is 19.1 Å². The molecular weight excluding hydrogens is 332 g/mol. The van der Waals surface area contributed by atoms with E-state index in [-0.39, 0.29) is 18.4 Å². The van der Waals surface area contributed by atoms with Gasteiger partial charge in [0.15, 0.2) is 18.1 Å². The largest absolute Gasteiger partial charge is 0.490 e. The van der Waals surface area contributed by atoms with Crippen LogP contribution >= 0.6 is 0 Å². The van der Waals surface area contributed by atoms with Gasteiger partial charge in [0.05, 0.1) is 6.61 Å². The fraction of sp³-hybridized carbons (Fsp3) is 0.600. The molecule has 1 heterocycles. The highest BCUT2D eigenvalue weighted by atomic mass is 16.5. The maximum Gasteiger partial charge on any atom is 0.260 e. The van der Waals surface area contributed by atoms with E-state index in [4.69, 9.17) is 9.47 Å². The first-order valence-electron chi connectivity index (χ1n) is 9.61. The van der Waals surface area contributed by atoms with Gasteiger partial charge in [0.1, 0.15) is 0 Å². The van der Waals surface area contributed by atoms with Crippen molar-refractivity contribution in [1.82, 2.24) is 10.2 Å². The third-order valence-corrected chi connectivity index (χ3v) is 4.38. The zero-order valence-electron chi connectivity index (χ0n) is 15.9. The molecule has 0 bridgehead atoms. The number of carbonyl (C=O) groups is 2. The van der Waals surface area contributed by atoms with Crippen molar-refractivity contribution in [2.24, 2.45) is 0 Å². The van der Waals surface area contributed by atoms with E-state index in [0.29, 0.717) is 30.2 Å². The van der Waals surface area contributed by atoms with Gasteiger partial charge in [-0.25, -0.2) is 0 Å². The molecule has 0 atom stereocenters. The van der Waals surface area contributed by atoms with Crippen LogP contribution in [0.2, 0.25) is 0 Å². The smallest absolute Gasteiger partial charge is 0.260 e. The van der Waals surface area contributed by atoms with Gasteiger partial charge in [0, 0.05) is 25.2 Å². The molecule has 0 aromatic heterocycles. The minimum absolute atomic E-state index is 0.00599. The highest BCUT2D eigenvalue weighted by molar-refractivity contribution is 5.94. The van der Waals surface area contributed by atoms with Gasteiger partial charge in [-0.05, 0) is 50.8 Å². The van der Waals surface area contributed by atoms with Crippen LogP contribution in [0.5, 0.6) is 11.5 Å². The van der Waals surface area contributed by atoms with Crippen LogP contribution in [0.15, 0.2) is 18.2 Å². The molecule has 6 heteroatoms. The van der Waals surface area contributed by atoms with Crippen LogP contribution in [-0.2, 0) is 4.79 Å². The van der Waals surface area contributed by atoms with Gasteiger partial charge in [-0.2, -0.15) is 0 Å². The molecule has 26 heavy (non-hydrogen) atoms. The number of nitrogens with one attached hydrogen (secondary N) is 1. The Bertz CT molecular complexity index is 597. The average Bonchev–Trinajstić information content (AvgIpc) is 2.67. The highest BCUT2D eigenvalue weighted by Gasteiger charge is 2.18. The first kappa shape index (κ1) is 20.1. The summed E-state index contributed by atoms with van der Waals surface area (Å²) in [6.45, 7) is 6.66. The summed E-state index contributed by atoms with van der Waals surface area (Å²) in [7, 11) is 0. The second kappa shape index (κ2) is 10.7. The third kappa shape index (κ3) is 5.93. The van der Waals surface area contributed by atoms with E-state index in [1.807, 2.05) is 11.8 Å². The molecule has 0 aliphatic carbocycles. The predicted molar refractivity (Wildman–Crippen MR) is 101 cm³/mol. The van der Waals surface area contributed by atoms with Crippen molar-refractivity contribution >= 4 is 11.8 Å². The molecule has 144 valence electrons. The maximum atomic E-state index is 12.3. The predicted octanol–water partition coefficient (Wildman–Crippen LogP) is 3.01. The molecule has 1 aliphatic heterocycles. The van der Waals surface area contributed by atoms with E-state index in [1.54, 1.807) is 18.2 Å². The summed E-state index contributed by atoms with van der Waals surface area (Å²) in [6, 6.07) is 5.07. The summed E-state index contributed by atoms with van der Waals surface area (Å²) >= 11 is 0. The minimum Gasteiger partial charge on any atom is -0.490 e. The molecule has 2 rings (SSSR count). The normalized spacial score (nSPS) is 14.0. The zero-order chi connectivity index (χ0) is 18.8. The van der Waals surface area contributed by atoms with Crippen LogP contribution in [0.25, 0.3) is 0 Å². The lowest BCUT2D eigenvalue weighted by molar-refractivity contribution is -0.134. The van der Waals surface area contributed by atoms with Gasteiger partial charge in [0.2, 0.25) is 0 Å². The van der Waals surface area contributed by atoms with E-state index in [1.165, 1.54) is 6.42 Å². The molecule has 0 unspecified atom stereocenters. The first-order chi connectivity index (χ1) is 12.7. The number of piperidine rings is 1. The summed E-state index contributed by atoms with van der Waals surface area (Å²) in [4.78, 5) is 26.3. The number of hydrogen-bond donors (Lipinski definition) is 1. The standard InChI is InChI=1S/C20H30N2O4/c1-3-5-11-21-20(24)16-9-10-17(18(14-16)25-4-2)26-15-19(23)22-12-7-6-8-13-22/h9-10,14H,3-8,11-13,15H2,1-2H3,(H,21,24). The van der Waals surface area contributed by atoms with Crippen molar-refractivity contribution in [3.05, 3.63) is 23.8 Å². The molecule has 0 spiro atoms. The summed E-state index contributed by atoms with van der Waals surface area (Å²) < 4.78 is 11.3. The average molecular weight is 362 g/mol. The van der Waals surface area contributed by atoms with Crippen LogP contribution in [-0.4, -0.2) is 49.6 Å². The Kier molecular flexibility index (Phi) is 8.25.